The predicted octanol–water partition coefficient (Wildman–Crippen LogP) is 2.87. The van der Waals surface area contributed by atoms with E-state index in [2.05, 4.69) is 17.3 Å². The molecular weight excluding hydrogens is 462 g/mol. The molecule has 7 nitrogen and oxygen atoms in total. The molecule has 9 heteroatoms. The van der Waals surface area contributed by atoms with Gasteiger partial charge in [-0.3, -0.25) is 14.4 Å². The van der Waals surface area contributed by atoms with Crippen LogP contribution >= 0.6 is 22.9 Å². The zero-order valence-electron chi connectivity index (χ0n) is 18.8. The lowest BCUT2D eigenvalue weighted by atomic mass is 9.99. The Morgan fingerprint density at radius 1 is 1.12 bits per heavy atom. The van der Waals surface area contributed by atoms with E-state index < -0.39 is 17.9 Å². The molecule has 2 aliphatic rings. The summed E-state index contributed by atoms with van der Waals surface area (Å²) in [5.41, 5.74) is 3.09. The molecule has 1 fully saturated rings. The van der Waals surface area contributed by atoms with E-state index in [0.717, 1.165) is 25.9 Å². The van der Waals surface area contributed by atoms with Crippen molar-refractivity contribution in [1.82, 2.24) is 15.1 Å². The minimum atomic E-state index is -0.622. The van der Waals surface area contributed by atoms with E-state index in [1.807, 2.05) is 18.2 Å². The van der Waals surface area contributed by atoms with Gasteiger partial charge in [-0.25, -0.2) is 0 Å². The van der Waals surface area contributed by atoms with Crippen LogP contribution in [0.15, 0.2) is 30.3 Å². The van der Waals surface area contributed by atoms with Gasteiger partial charge in [-0.2, -0.15) is 0 Å². The van der Waals surface area contributed by atoms with Gasteiger partial charge in [0.2, 0.25) is 0 Å². The number of fused-ring (bicyclic) bond motifs is 1. The average Bonchev–Trinajstić information content (AvgIpc) is 3.37. The minimum Gasteiger partial charge on any atom is -0.466 e. The van der Waals surface area contributed by atoms with Gasteiger partial charge < -0.3 is 19.9 Å². The summed E-state index contributed by atoms with van der Waals surface area (Å²) in [5, 5.41) is 2.91. The highest BCUT2D eigenvalue weighted by molar-refractivity contribution is 7.18. The highest BCUT2D eigenvalue weighted by atomic mass is 35.5. The van der Waals surface area contributed by atoms with E-state index >= 15 is 0 Å². The van der Waals surface area contributed by atoms with Gasteiger partial charge in [0.15, 0.2) is 0 Å². The number of ether oxygens (including phenoxy) is 1. The van der Waals surface area contributed by atoms with E-state index in [1.165, 1.54) is 22.5 Å². The van der Waals surface area contributed by atoms with Gasteiger partial charge in [-0.1, -0.05) is 17.7 Å². The fraction of sp³-hybridized carbons (Fsp3) is 0.458. The Morgan fingerprint density at radius 2 is 1.88 bits per heavy atom. The van der Waals surface area contributed by atoms with Crippen LogP contribution < -0.4 is 5.32 Å². The number of esters is 1. The Labute approximate surface area is 202 Å². The first kappa shape index (κ1) is 23.7. The Hall–Kier alpha value is -2.42. The van der Waals surface area contributed by atoms with Crippen LogP contribution in [0, 0.1) is 5.92 Å². The normalized spacial score (nSPS) is 20.8. The number of likely N-dealkylation sites (N-methyl/N-ethyl adjacent to an activating group) is 1. The minimum absolute atomic E-state index is 0.138. The number of rotatable bonds is 5. The third kappa shape index (κ3) is 5.39. The van der Waals surface area contributed by atoms with Crippen LogP contribution in [0.5, 0.6) is 0 Å². The van der Waals surface area contributed by atoms with E-state index in [-0.39, 0.29) is 31.5 Å². The van der Waals surface area contributed by atoms with E-state index in [1.54, 1.807) is 24.0 Å². The quantitative estimate of drug-likeness (QED) is 0.653. The van der Waals surface area contributed by atoms with Crippen LogP contribution in [0.2, 0.25) is 4.34 Å². The zero-order chi connectivity index (χ0) is 23.5. The number of thiophene rings is 1. The first-order valence-electron chi connectivity index (χ1n) is 11.2. The highest BCUT2D eigenvalue weighted by Crippen LogP contribution is 2.25. The monoisotopic (exact) mass is 489 g/mol. The Balaban J connectivity index is 1.51. The van der Waals surface area contributed by atoms with Crippen LogP contribution in [0.3, 0.4) is 0 Å². The predicted molar refractivity (Wildman–Crippen MR) is 128 cm³/mol. The molecular formula is C24H28ClN3O4S. The number of likely N-dealkylation sites (tertiary alicyclic amines) is 1. The average molecular weight is 490 g/mol. The molecule has 1 N–H and O–H groups in total. The molecule has 176 valence electrons. The Bertz CT molecular complexity index is 1060. The van der Waals surface area contributed by atoms with Gasteiger partial charge in [0.25, 0.3) is 11.8 Å². The SMILES string of the molecule is CCOC(=O)[C@@H]1CN(C(=O)c2ccc3c(c2)CCN(C)CC3)C[C@H]1NC(=O)c1ccc(Cl)s1. The van der Waals surface area contributed by atoms with E-state index in [4.69, 9.17) is 16.3 Å². The molecule has 0 unspecified atom stereocenters. The summed E-state index contributed by atoms with van der Waals surface area (Å²) in [4.78, 5) is 43.0. The smallest absolute Gasteiger partial charge is 0.312 e. The lowest BCUT2D eigenvalue weighted by Gasteiger charge is -2.18. The van der Waals surface area contributed by atoms with E-state index in [0.29, 0.717) is 14.8 Å². The van der Waals surface area contributed by atoms with Crippen molar-refractivity contribution >= 4 is 40.7 Å². The van der Waals surface area contributed by atoms with Crippen molar-refractivity contribution in [3.63, 3.8) is 0 Å². The van der Waals surface area contributed by atoms with Crippen LogP contribution in [0.4, 0.5) is 0 Å². The Kier molecular flexibility index (Phi) is 7.36. The van der Waals surface area contributed by atoms with Gasteiger partial charge in [0, 0.05) is 31.7 Å². The number of amides is 2. The molecule has 0 bridgehead atoms. The summed E-state index contributed by atoms with van der Waals surface area (Å²) in [7, 11) is 2.11. The van der Waals surface area contributed by atoms with Crippen LogP contribution in [0.1, 0.15) is 38.1 Å². The number of hydrogen-bond acceptors (Lipinski definition) is 6. The number of hydrogen-bond donors (Lipinski definition) is 1. The molecule has 0 spiro atoms. The molecule has 1 saturated heterocycles. The lowest BCUT2D eigenvalue weighted by Crippen LogP contribution is -2.43. The van der Waals surface area contributed by atoms with Crippen molar-refractivity contribution < 1.29 is 19.1 Å². The number of carbonyl (C=O) groups is 3. The summed E-state index contributed by atoms with van der Waals surface area (Å²) in [6.07, 6.45) is 1.87. The second-order valence-electron chi connectivity index (χ2n) is 8.54. The fourth-order valence-corrected chi connectivity index (χ4v) is 5.38. The second kappa shape index (κ2) is 10.2. The molecule has 2 amide bonds. The summed E-state index contributed by atoms with van der Waals surface area (Å²) in [6, 6.07) is 8.66. The molecule has 33 heavy (non-hydrogen) atoms. The molecule has 1 aromatic carbocycles. The summed E-state index contributed by atoms with van der Waals surface area (Å²) >= 11 is 7.12. The number of nitrogens with zero attached hydrogens (tertiary/aromatic N) is 2. The van der Waals surface area contributed by atoms with Gasteiger partial charge in [0.05, 0.1) is 27.8 Å². The Morgan fingerprint density at radius 3 is 2.58 bits per heavy atom. The molecule has 1 aromatic heterocycles. The molecule has 2 aromatic rings. The zero-order valence-corrected chi connectivity index (χ0v) is 20.4. The van der Waals surface area contributed by atoms with Gasteiger partial charge in [-0.15, -0.1) is 11.3 Å². The van der Waals surface area contributed by atoms with E-state index in [9.17, 15) is 14.4 Å². The van der Waals surface area contributed by atoms with Gasteiger partial charge in [0.1, 0.15) is 0 Å². The van der Waals surface area contributed by atoms with Crippen molar-refractivity contribution in [1.29, 1.82) is 0 Å². The van der Waals surface area contributed by atoms with Crippen molar-refractivity contribution in [2.45, 2.75) is 25.8 Å². The molecule has 0 aliphatic carbocycles. The maximum absolute atomic E-state index is 13.3. The van der Waals surface area contributed by atoms with Crippen LogP contribution in [-0.4, -0.2) is 73.5 Å². The molecule has 4 rings (SSSR count). The first-order chi connectivity index (χ1) is 15.9. The highest BCUT2D eigenvalue weighted by Gasteiger charge is 2.41. The van der Waals surface area contributed by atoms with Crippen molar-refractivity contribution in [2.24, 2.45) is 5.92 Å². The number of carbonyl (C=O) groups excluding carboxylic acids is 3. The summed E-state index contributed by atoms with van der Waals surface area (Å²) < 4.78 is 5.74. The second-order valence-corrected chi connectivity index (χ2v) is 10.3. The third-order valence-corrected chi connectivity index (χ3v) is 7.52. The molecule has 3 heterocycles. The topological polar surface area (TPSA) is 79.0 Å². The molecule has 2 atom stereocenters. The third-order valence-electron chi connectivity index (χ3n) is 6.29. The summed E-state index contributed by atoms with van der Waals surface area (Å²) in [6.45, 7) is 4.39. The van der Waals surface area contributed by atoms with Crippen molar-refractivity contribution in [3.8, 4) is 0 Å². The van der Waals surface area contributed by atoms with Gasteiger partial charge in [-0.05, 0) is 62.2 Å². The number of halogens is 1. The largest absolute Gasteiger partial charge is 0.466 e. The summed E-state index contributed by atoms with van der Waals surface area (Å²) in [5.74, 6) is -1.48. The molecule has 0 radical (unpaired) electrons. The van der Waals surface area contributed by atoms with Crippen LogP contribution in [0.25, 0.3) is 0 Å². The van der Waals surface area contributed by atoms with Crippen molar-refractivity contribution in [2.75, 3.05) is 39.8 Å². The maximum Gasteiger partial charge on any atom is 0.312 e. The fourth-order valence-electron chi connectivity index (χ4n) is 4.43. The first-order valence-corrected chi connectivity index (χ1v) is 12.4. The molecule has 0 saturated carbocycles. The maximum atomic E-state index is 13.3. The number of nitrogens with one attached hydrogen (secondary N) is 1. The van der Waals surface area contributed by atoms with Gasteiger partial charge >= 0.3 is 5.97 Å². The van der Waals surface area contributed by atoms with Crippen LogP contribution in [-0.2, 0) is 22.4 Å². The number of benzene rings is 1. The van der Waals surface area contributed by atoms with Crippen molar-refractivity contribution in [3.05, 3.63) is 56.2 Å². The standard InChI is InChI=1S/C24H28ClN3O4S/c1-3-32-24(31)18-13-28(14-19(18)26-22(29)20-6-7-21(25)33-20)23(30)17-5-4-15-8-10-27(2)11-9-16(15)12-17/h4-7,12,18-19H,3,8-11,13-14H2,1-2H3,(H,26,29)/t18-,19-/m1/s1. The lowest BCUT2D eigenvalue weighted by molar-refractivity contribution is -0.147. The molecule has 2 aliphatic heterocycles.